The molecule has 0 heterocycles. The summed E-state index contributed by atoms with van der Waals surface area (Å²) in [5.41, 5.74) is 0.411. The van der Waals surface area contributed by atoms with E-state index in [0.29, 0.717) is 11.2 Å². The van der Waals surface area contributed by atoms with Crippen molar-refractivity contribution >= 4 is 11.8 Å². The van der Waals surface area contributed by atoms with E-state index in [1.807, 2.05) is 0 Å². The zero-order valence-electron chi connectivity index (χ0n) is 15.0. The highest BCUT2D eigenvalue weighted by Crippen LogP contribution is 2.22. The lowest BCUT2D eigenvalue weighted by atomic mass is 9.89. The van der Waals surface area contributed by atoms with Crippen molar-refractivity contribution < 1.29 is 14.7 Å². The van der Waals surface area contributed by atoms with Gasteiger partial charge in [-0.15, -0.1) is 0 Å². The van der Waals surface area contributed by atoms with E-state index < -0.39 is 5.97 Å². The average Bonchev–Trinajstić information content (AvgIpc) is 2.39. The van der Waals surface area contributed by atoms with Crippen LogP contribution in [0.3, 0.4) is 0 Å². The summed E-state index contributed by atoms with van der Waals surface area (Å²) in [5.74, 6) is -0.283. The molecule has 0 aliphatic rings. The second kappa shape index (κ2) is 12.7. The lowest BCUT2D eigenvalue weighted by molar-refractivity contribution is -0.137. The van der Waals surface area contributed by atoms with Crippen LogP contribution in [0.1, 0.15) is 104 Å². The van der Waals surface area contributed by atoms with Gasteiger partial charge < -0.3 is 5.11 Å². The first-order valence-corrected chi connectivity index (χ1v) is 9.05. The third-order valence-electron chi connectivity index (χ3n) is 3.98. The molecule has 0 aromatic carbocycles. The normalized spacial score (nSPS) is 11.6. The van der Waals surface area contributed by atoms with Crippen LogP contribution in [-0.2, 0) is 9.59 Å². The number of carbonyl (C=O) groups is 2. The van der Waals surface area contributed by atoms with Gasteiger partial charge in [0, 0.05) is 19.3 Å². The maximum absolute atomic E-state index is 11.7. The molecule has 0 bridgehead atoms. The Hall–Kier alpha value is -0.860. The van der Waals surface area contributed by atoms with Crippen molar-refractivity contribution in [3.05, 3.63) is 0 Å². The summed E-state index contributed by atoms with van der Waals surface area (Å²) in [6, 6.07) is 0. The number of aliphatic carboxylic acids is 1. The zero-order valence-corrected chi connectivity index (χ0v) is 15.0. The van der Waals surface area contributed by atoms with Gasteiger partial charge >= 0.3 is 5.97 Å². The van der Waals surface area contributed by atoms with Gasteiger partial charge in [0.25, 0.3) is 0 Å². The fourth-order valence-corrected chi connectivity index (χ4v) is 2.58. The molecule has 0 aromatic heterocycles. The van der Waals surface area contributed by atoms with Crippen LogP contribution in [0.2, 0.25) is 0 Å². The van der Waals surface area contributed by atoms with Gasteiger partial charge in [-0.05, 0) is 31.1 Å². The van der Waals surface area contributed by atoms with E-state index in [1.165, 1.54) is 19.3 Å². The Balaban J connectivity index is 3.28. The van der Waals surface area contributed by atoms with Crippen molar-refractivity contribution in [2.45, 2.75) is 104 Å². The van der Waals surface area contributed by atoms with Gasteiger partial charge in [0.15, 0.2) is 0 Å². The first-order valence-electron chi connectivity index (χ1n) is 9.05. The topological polar surface area (TPSA) is 54.4 Å². The van der Waals surface area contributed by atoms with E-state index in [1.54, 1.807) is 0 Å². The maximum Gasteiger partial charge on any atom is 0.303 e. The lowest BCUT2D eigenvalue weighted by Gasteiger charge is -2.17. The molecule has 0 aliphatic heterocycles. The highest BCUT2D eigenvalue weighted by atomic mass is 16.4. The van der Waals surface area contributed by atoms with E-state index in [2.05, 4.69) is 20.8 Å². The highest BCUT2D eigenvalue weighted by molar-refractivity contribution is 5.78. The summed E-state index contributed by atoms with van der Waals surface area (Å²) < 4.78 is 0. The first kappa shape index (κ1) is 21.1. The monoisotopic (exact) mass is 312 g/mol. The molecule has 0 saturated carbocycles. The minimum atomic E-state index is -0.701. The first-order chi connectivity index (χ1) is 10.3. The van der Waals surface area contributed by atoms with Crippen LogP contribution in [-0.4, -0.2) is 16.9 Å². The third-order valence-corrected chi connectivity index (χ3v) is 3.98. The fraction of sp³-hybridized carbons (Fsp3) is 0.895. The predicted octanol–water partition coefficient (Wildman–Crippen LogP) is 5.76. The molecule has 1 N–H and O–H groups in total. The SMILES string of the molecule is CC(C)(C)CCCCCC(=O)CCCCCCCCC(=O)O. The standard InChI is InChI=1S/C19H36O3/c1-19(2,3)16-12-8-10-14-17(20)13-9-6-4-5-7-11-15-18(21)22/h4-16H2,1-3H3,(H,21,22). The highest BCUT2D eigenvalue weighted by Gasteiger charge is 2.09. The molecule has 22 heavy (non-hydrogen) atoms. The minimum Gasteiger partial charge on any atom is -0.481 e. The molecule has 0 radical (unpaired) electrons. The van der Waals surface area contributed by atoms with Gasteiger partial charge in [0.2, 0.25) is 0 Å². The minimum absolute atomic E-state index is 0.285. The molecule has 0 unspecified atom stereocenters. The second-order valence-electron chi connectivity index (χ2n) is 7.68. The average molecular weight is 312 g/mol. The number of unbranched alkanes of at least 4 members (excludes halogenated alkanes) is 7. The molecule has 0 atom stereocenters. The van der Waals surface area contributed by atoms with Crippen LogP contribution in [0.25, 0.3) is 0 Å². The summed E-state index contributed by atoms with van der Waals surface area (Å²) in [7, 11) is 0. The number of Topliss-reactive ketones (excluding diaryl/α,β-unsaturated/α-hetero) is 1. The van der Waals surface area contributed by atoms with E-state index in [9.17, 15) is 9.59 Å². The molecule has 0 aromatic rings. The van der Waals surface area contributed by atoms with Crippen LogP contribution in [0.4, 0.5) is 0 Å². The lowest BCUT2D eigenvalue weighted by Crippen LogP contribution is -2.04. The van der Waals surface area contributed by atoms with Crippen molar-refractivity contribution in [1.82, 2.24) is 0 Å². The Morgan fingerprint density at radius 3 is 1.55 bits per heavy atom. The largest absolute Gasteiger partial charge is 0.481 e. The summed E-state index contributed by atoms with van der Waals surface area (Å²) in [4.78, 5) is 22.1. The summed E-state index contributed by atoms with van der Waals surface area (Å²) in [5, 5.41) is 8.52. The third kappa shape index (κ3) is 17.2. The Labute approximate surface area is 136 Å². The van der Waals surface area contributed by atoms with Crippen molar-refractivity contribution in [3.8, 4) is 0 Å². The van der Waals surface area contributed by atoms with E-state index in [-0.39, 0.29) is 6.42 Å². The van der Waals surface area contributed by atoms with Gasteiger partial charge in [-0.1, -0.05) is 59.3 Å². The number of rotatable bonds is 14. The van der Waals surface area contributed by atoms with Gasteiger partial charge in [-0.2, -0.15) is 0 Å². The van der Waals surface area contributed by atoms with Crippen LogP contribution in [0.15, 0.2) is 0 Å². The molecule has 0 amide bonds. The van der Waals surface area contributed by atoms with Crippen LogP contribution < -0.4 is 0 Å². The second-order valence-corrected chi connectivity index (χ2v) is 7.68. The zero-order chi connectivity index (χ0) is 16.8. The molecule has 0 spiro atoms. The number of carboxylic acid groups (broad SMARTS) is 1. The van der Waals surface area contributed by atoms with E-state index >= 15 is 0 Å². The van der Waals surface area contributed by atoms with E-state index in [0.717, 1.165) is 57.8 Å². The molecule has 0 aliphatic carbocycles. The molecule has 3 nitrogen and oxygen atoms in total. The maximum atomic E-state index is 11.7. The van der Waals surface area contributed by atoms with Crippen molar-refractivity contribution in [3.63, 3.8) is 0 Å². The van der Waals surface area contributed by atoms with Crippen LogP contribution in [0.5, 0.6) is 0 Å². The predicted molar refractivity (Wildman–Crippen MR) is 92.1 cm³/mol. The van der Waals surface area contributed by atoms with Gasteiger partial charge in [-0.3, -0.25) is 9.59 Å². The molecule has 0 rings (SSSR count). The van der Waals surface area contributed by atoms with Crippen LogP contribution >= 0.6 is 0 Å². The quantitative estimate of drug-likeness (QED) is 0.415. The number of carboxylic acids is 1. The van der Waals surface area contributed by atoms with Crippen molar-refractivity contribution in [2.75, 3.05) is 0 Å². The van der Waals surface area contributed by atoms with Crippen molar-refractivity contribution in [2.24, 2.45) is 5.41 Å². The van der Waals surface area contributed by atoms with Gasteiger partial charge in [0.05, 0.1) is 0 Å². The Bertz CT molecular complexity index is 302. The Kier molecular flexibility index (Phi) is 12.2. The molecule has 130 valence electrons. The number of hydrogen-bond donors (Lipinski definition) is 1. The molecule has 0 fully saturated rings. The molecule has 0 saturated heterocycles. The van der Waals surface area contributed by atoms with Gasteiger partial charge in [-0.25, -0.2) is 0 Å². The van der Waals surface area contributed by atoms with Gasteiger partial charge in [0.1, 0.15) is 5.78 Å². The van der Waals surface area contributed by atoms with E-state index in [4.69, 9.17) is 5.11 Å². The summed E-state index contributed by atoms with van der Waals surface area (Å²) in [6.45, 7) is 6.79. The van der Waals surface area contributed by atoms with Crippen molar-refractivity contribution in [1.29, 1.82) is 0 Å². The number of hydrogen-bond acceptors (Lipinski definition) is 2. The molecular formula is C19H36O3. The summed E-state index contributed by atoms with van der Waals surface area (Å²) >= 11 is 0. The Morgan fingerprint density at radius 1 is 0.682 bits per heavy atom. The smallest absolute Gasteiger partial charge is 0.303 e. The fourth-order valence-electron chi connectivity index (χ4n) is 2.58. The molecular weight excluding hydrogens is 276 g/mol. The number of carbonyl (C=O) groups excluding carboxylic acids is 1. The van der Waals surface area contributed by atoms with Crippen LogP contribution in [0, 0.1) is 5.41 Å². The summed E-state index contributed by atoms with van der Waals surface area (Å²) in [6.07, 6.45) is 12.5. The Morgan fingerprint density at radius 2 is 1.09 bits per heavy atom. The molecule has 3 heteroatoms. The number of ketones is 1.